The number of hydrogen-bond donors (Lipinski definition) is 3. The fourth-order valence-corrected chi connectivity index (χ4v) is 2.21. The molecule has 0 aliphatic rings. The van der Waals surface area contributed by atoms with Crippen molar-refractivity contribution in [1.29, 1.82) is 0 Å². The van der Waals surface area contributed by atoms with Crippen molar-refractivity contribution in [3.63, 3.8) is 0 Å². The standard InChI is InChI=1S/C8H11N5S/c1-2-4-3-5-6(9)11-8(13-10)12-7(5)14-4/h3H,2,10H2,1H3,(H3,9,11,12,13). The number of nitrogens with zero attached hydrogens (tertiary/aromatic N) is 2. The zero-order chi connectivity index (χ0) is 10.1. The highest BCUT2D eigenvalue weighted by Crippen LogP contribution is 2.28. The molecule has 0 saturated carbocycles. The van der Waals surface area contributed by atoms with E-state index in [2.05, 4.69) is 22.3 Å². The zero-order valence-electron chi connectivity index (χ0n) is 7.74. The molecule has 0 saturated heterocycles. The van der Waals surface area contributed by atoms with E-state index in [0.717, 1.165) is 16.6 Å². The van der Waals surface area contributed by atoms with Crippen LogP contribution in [-0.4, -0.2) is 9.97 Å². The first kappa shape index (κ1) is 9.17. The van der Waals surface area contributed by atoms with E-state index in [0.29, 0.717) is 11.8 Å². The number of rotatable bonds is 2. The Morgan fingerprint density at radius 1 is 1.50 bits per heavy atom. The van der Waals surface area contributed by atoms with Gasteiger partial charge >= 0.3 is 0 Å². The summed E-state index contributed by atoms with van der Waals surface area (Å²) in [7, 11) is 0. The maximum atomic E-state index is 5.76. The van der Waals surface area contributed by atoms with Crippen LogP contribution < -0.4 is 17.0 Å². The van der Waals surface area contributed by atoms with Gasteiger partial charge in [0, 0.05) is 4.88 Å². The van der Waals surface area contributed by atoms with E-state index in [-0.39, 0.29) is 0 Å². The third kappa shape index (κ3) is 1.38. The Hall–Kier alpha value is -1.40. The lowest BCUT2D eigenvalue weighted by Crippen LogP contribution is -2.11. The highest BCUT2D eigenvalue weighted by molar-refractivity contribution is 7.18. The zero-order valence-corrected chi connectivity index (χ0v) is 8.56. The van der Waals surface area contributed by atoms with Crippen molar-refractivity contribution < 1.29 is 0 Å². The van der Waals surface area contributed by atoms with Crippen molar-refractivity contribution in [1.82, 2.24) is 9.97 Å². The van der Waals surface area contributed by atoms with Gasteiger partial charge in [0.2, 0.25) is 5.95 Å². The minimum absolute atomic E-state index is 0.361. The summed E-state index contributed by atoms with van der Waals surface area (Å²) in [5.41, 5.74) is 8.15. The molecular weight excluding hydrogens is 198 g/mol. The van der Waals surface area contributed by atoms with Gasteiger partial charge in [-0.1, -0.05) is 6.92 Å². The molecule has 0 aliphatic heterocycles. The summed E-state index contributed by atoms with van der Waals surface area (Å²) < 4.78 is 0. The quantitative estimate of drug-likeness (QED) is 0.509. The summed E-state index contributed by atoms with van der Waals surface area (Å²) in [4.78, 5) is 10.3. The molecule has 2 aromatic heterocycles. The second-order valence-corrected chi connectivity index (χ2v) is 3.98. The summed E-state index contributed by atoms with van der Waals surface area (Å²) in [6.45, 7) is 2.09. The van der Waals surface area contributed by atoms with Crippen LogP contribution in [0, 0.1) is 0 Å². The third-order valence-electron chi connectivity index (χ3n) is 1.95. The van der Waals surface area contributed by atoms with Crippen LogP contribution in [0.4, 0.5) is 11.8 Å². The molecular formula is C8H11N5S. The predicted octanol–water partition coefficient (Wildman–Crippen LogP) is 1.12. The highest BCUT2D eigenvalue weighted by Gasteiger charge is 2.07. The SMILES string of the molecule is CCc1cc2c(N)nc(NN)nc2s1. The molecule has 0 aliphatic carbocycles. The van der Waals surface area contributed by atoms with E-state index in [1.807, 2.05) is 6.07 Å². The first-order valence-electron chi connectivity index (χ1n) is 4.27. The van der Waals surface area contributed by atoms with Gasteiger partial charge in [-0.25, -0.2) is 10.8 Å². The summed E-state index contributed by atoms with van der Waals surface area (Å²) in [5.74, 6) is 6.05. The van der Waals surface area contributed by atoms with Gasteiger partial charge in [-0.05, 0) is 12.5 Å². The fourth-order valence-electron chi connectivity index (χ4n) is 1.23. The highest BCUT2D eigenvalue weighted by atomic mass is 32.1. The number of hydrogen-bond acceptors (Lipinski definition) is 6. The Morgan fingerprint density at radius 2 is 2.29 bits per heavy atom. The van der Waals surface area contributed by atoms with E-state index >= 15 is 0 Å². The molecule has 0 amide bonds. The number of anilines is 2. The van der Waals surface area contributed by atoms with Gasteiger partial charge in [0.15, 0.2) is 0 Å². The first-order chi connectivity index (χ1) is 6.74. The van der Waals surface area contributed by atoms with Crippen LogP contribution >= 0.6 is 11.3 Å². The Bertz CT molecular complexity index is 464. The van der Waals surface area contributed by atoms with Crippen LogP contribution in [0.5, 0.6) is 0 Å². The van der Waals surface area contributed by atoms with E-state index in [9.17, 15) is 0 Å². The Labute approximate surface area is 85.1 Å². The molecule has 0 unspecified atom stereocenters. The van der Waals surface area contributed by atoms with Crippen molar-refractivity contribution >= 4 is 33.3 Å². The average Bonchev–Trinajstić information content (AvgIpc) is 2.61. The summed E-state index contributed by atoms with van der Waals surface area (Å²) in [5, 5.41) is 0.908. The van der Waals surface area contributed by atoms with Gasteiger partial charge in [0.25, 0.3) is 0 Å². The second-order valence-electron chi connectivity index (χ2n) is 2.86. The van der Waals surface area contributed by atoms with Crippen LogP contribution in [0.2, 0.25) is 0 Å². The number of hydrazine groups is 1. The largest absolute Gasteiger partial charge is 0.383 e. The molecule has 0 fully saturated rings. The molecule has 0 aromatic carbocycles. The number of nitrogen functional groups attached to an aromatic ring is 2. The van der Waals surface area contributed by atoms with Gasteiger partial charge in [-0.3, -0.25) is 5.43 Å². The second kappa shape index (κ2) is 3.39. The lowest BCUT2D eigenvalue weighted by molar-refractivity contribution is 1.16. The number of thiophene rings is 1. The molecule has 2 rings (SSSR count). The first-order valence-corrected chi connectivity index (χ1v) is 5.08. The van der Waals surface area contributed by atoms with Crippen LogP contribution in [0.3, 0.4) is 0 Å². The molecule has 0 bridgehead atoms. The summed E-state index contributed by atoms with van der Waals surface area (Å²) in [6, 6.07) is 2.02. The van der Waals surface area contributed by atoms with E-state index in [1.165, 1.54) is 4.88 Å². The van der Waals surface area contributed by atoms with Gasteiger partial charge in [0.1, 0.15) is 10.6 Å². The monoisotopic (exact) mass is 209 g/mol. The van der Waals surface area contributed by atoms with Gasteiger partial charge in [-0.15, -0.1) is 11.3 Å². The topological polar surface area (TPSA) is 89.8 Å². The molecule has 0 radical (unpaired) electrons. The number of fused-ring (bicyclic) bond motifs is 1. The predicted molar refractivity (Wildman–Crippen MR) is 59.0 cm³/mol. The van der Waals surface area contributed by atoms with Crippen molar-refractivity contribution in [3.05, 3.63) is 10.9 Å². The van der Waals surface area contributed by atoms with Gasteiger partial charge in [-0.2, -0.15) is 4.98 Å². The normalized spacial score (nSPS) is 10.7. The van der Waals surface area contributed by atoms with Crippen molar-refractivity contribution in [2.45, 2.75) is 13.3 Å². The summed E-state index contributed by atoms with van der Waals surface area (Å²) >= 11 is 1.61. The molecule has 0 spiro atoms. The fraction of sp³-hybridized carbons (Fsp3) is 0.250. The average molecular weight is 209 g/mol. The molecule has 74 valence electrons. The Balaban J connectivity index is 2.67. The van der Waals surface area contributed by atoms with Crippen LogP contribution in [0.15, 0.2) is 6.07 Å². The van der Waals surface area contributed by atoms with Gasteiger partial charge < -0.3 is 5.73 Å². The molecule has 5 nitrogen and oxygen atoms in total. The maximum Gasteiger partial charge on any atom is 0.240 e. The van der Waals surface area contributed by atoms with E-state index in [1.54, 1.807) is 11.3 Å². The lowest BCUT2D eigenvalue weighted by atomic mass is 10.3. The molecule has 0 atom stereocenters. The minimum atomic E-state index is 0.361. The lowest BCUT2D eigenvalue weighted by Gasteiger charge is -1.99. The number of aromatic nitrogens is 2. The molecule has 6 heteroatoms. The molecule has 2 heterocycles. The van der Waals surface area contributed by atoms with Crippen LogP contribution in [0.1, 0.15) is 11.8 Å². The molecule has 2 aromatic rings. The number of nitrogens with two attached hydrogens (primary N) is 2. The smallest absolute Gasteiger partial charge is 0.240 e. The van der Waals surface area contributed by atoms with Crippen molar-refractivity contribution in [2.24, 2.45) is 5.84 Å². The van der Waals surface area contributed by atoms with Crippen molar-refractivity contribution in [3.8, 4) is 0 Å². The Kier molecular flexibility index (Phi) is 2.22. The minimum Gasteiger partial charge on any atom is -0.383 e. The number of aryl methyl sites for hydroxylation is 1. The van der Waals surface area contributed by atoms with E-state index in [4.69, 9.17) is 11.6 Å². The summed E-state index contributed by atoms with van der Waals surface area (Å²) in [6.07, 6.45) is 0.978. The number of nitrogens with one attached hydrogen (secondary N) is 1. The molecule has 14 heavy (non-hydrogen) atoms. The third-order valence-corrected chi connectivity index (χ3v) is 3.12. The molecule has 5 N–H and O–H groups in total. The van der Waals surface area contributed by atoms with Crippen LogP contribution in [-0.2, 0) is 6.42 Å². The van der Waals surface area contributed by atoms with Crippen molar-refractivity contribution in [2.75, 3.05) is 11.2 Å². The van der Waals surface area contributed by atoms with Crippen LogP contribution in [0.25, 0.3) is 10.2 Å². The van der Waals surface area contributed by atoms with E-state index < -0.39 is 0 Å². The Morgan fingerprint density at radius 3 is 2.93 bits per heavy atom. The maximum absolute atomic E-state index is 5.76. The van der Waals surface area contributed by atoms with Gasteiger partial charge in [0.05, 0.1) is 5.39 Å².